The second-order valence-electron chi connectivity index (χ2n) is 9.08. The van der Waals surface area contributed by atoms with Gasteiger partial charge in [0.2, 0.25) is 0 Å². The molecule has 4 aromatic carbocycles. The summed E-state index contributed by atoms with van der Waals surface area (Å²) in [6.07, 6.45) is 0. The SMILES string of the molecule is CCOc1ccc(/C(O)=C2/C(=O)C(=O)N(c3ccc(Oc4ccccc4)cc3)C2c2ccc(O)cc2)cc1C. The summed E-state index contributed by atoms with van der Waals surface area (Å²) in [6, 6.07) is 26.5. The fourth-order valence-corrected chi connectivity index (χ4v) is 4.64. The lowest BCUT2D eigenvalue weighted by atomic mass is 9.94. The summed E-state index contributed by atoms with van der Waals surface area (Å²) in [6.45, 7) is 4.22. The molecule has 1 heterocycles. The monoisotopic (exact) mass is 521 g/mol. The van der Waals surface area contributed by atoms with E-state index in [1.165, 1.54) is 17.0 Å². The van der Waals surface area contributed by atoms with Crippen LogP contribution in [0.1, 0.15) is 29.7 Å². The highest BCUT2D eigenvalue weighted by atomic mass is 16.5. The second kappa shape index (κ2) is 10.8. The molecule has 0 spiro atoms. The minimum absolute atomic E-state index is 0.0419. The maximum atomic E-state index is 13.4. The molecule has 7 nitrogen and oxygen atoms in total. The van der Waals surface area contributed by atoms with Gasteiger partial charge in [-0.3, -0.25) is 14.5 Å². The van der Waals surface area contributed by atoms with E-state index < -0.39 is 17.7 Å². The highest BCUT2D eigenvalue weighted by molar-refractivity contribution is 6.51. The molecule has 1 aliphatic rings. The molecule has 2 N–H and O–H groups in total. The Bertz CT molecular complexity index is 1540. The van der Waals surface area contributed by atoms with Crippen molar-refractivity contribution in [2.24, 2.45) is 0 Å². The molecule has 39 heavy (non-hydrogen) atoms. The number of phenols is 1. The molecular formula is C32H27NO6. The molecule has 0 radical (unpaired) electrons. The number of para-hydroxylation sites is 1. The first-order chi connectivity index (χ1) is 18.9. The van der Waals surface area contributed by atoms with E-state index >= 15 is 0 Å². The van der Waals surface area contributed by atoms with Gasteiger partial charge in [-0.15, -0.1) is 0 Å². The van der Waals surface area contributed by atoms with E-state index in [0.717, 1.165) is 5.56 Å². The first-order valence-electron chi connectivity index (χ1n) is 12.5. The van der Waals surface area contributed by atoms with Crippen LogP contribution in [0.25, 0.3) is 5.76 Å². The molecule has 4 aromatic rings. The number of Topliss-reactive ketones (excluding diaryl/α,β-unsaturated/α-hetero) is 1. The Morgan fingerprint density at radius 3 is 2.18 bits per heavy atom. The number of benzene rings is 4. The van der Waals surface area contributed by atoms with Crippen molar-refractivity contribution in [1.82, 2.24) is 0 Å². The van der Waals surface area contributed by atoms with Crippen LogP contribution in [0.15, 0.2) is 103 Å². The smallest absolute Gasteiger partial charge is 0.300 e. The number of anilines is 1. The number of hydrogen-bond acceptors (Lipinski definition) is 6. The number of ether oxygens (including phenoxy) is 2. The number of hydrogen-bond donors (Lipinski definition) is 2. The largest absolute Gasteiger partial charge is 0.508 e. The minimum Gasteiger partial charge on any atom is -0.508 e. The molecule has 1 aliphatic heterocycles. The van der Waals surface area contributed by atoms with E-state index in [9.17, 15) is 19.8 Å². The van der Waals surface area contributed by atoms with Crippen LogP contribution in [0.3, 0.4) is 0 Å². The lowest BCUT2D eigenvalue weighted by Gasteiger charge is -2.25. The predicted octanol–water partition coefficient (Wildman–Crippen LogP) is 6.52. The molecule has 1 saturated heterocycles. The normalized spacial score (nSPS) is 16.4. The number of amides is 1. The third-order valence-corrected chi connectivity index (χ3v) is 6.50. The van der Waals surface area contributed by atoms with Crippen molar-refractivity contribution in [3.05, 3.63) is 119 Å². The fourth-order valence-electron chi connectivity index (χ4n) is 4.64. The molecular weight excluding hydrogens is 494 g/mol. The Kier molecular flexibility index (Phi) is 7.06. The molecule has 1 fully saturated rings. The molecule has 196 valence electrons. The molecule has 0 saturated carbocycles. The van der Waals surface area contributed by atoms with Crippen LogP contribution in [-0.2, 0) is 9.59 Å². The van der Waals surface area contributed by atoms with Gasteiger partial charge >= 0.3 is 0 Å². The Labute approximate surface area is 226 Å². The average Bonchev–Trinajstić information content (AvgIpc) is 3.21. The maximum absolute atomic E-state index is 13.4. The van der Waals surface area contributed by atoms with Gasteiger partial charge in [-0.1, -0.05) is 30.3 Å². The van der Waals surface area contributed by atoms with Crippen molar-refractivity contribution in [1.29, 1.82) is 0 Å². The van der Waals surface area contributed by atoms with Gasteiger partial charge in [0.05, 0.1) is 18.2 Å². The van der Waals surface area contributed by atoms with Gasteiger partial charge in [0.15, 0.2) is 0 Å². The number of aliphatic hydroxyl groups excluding tert-OH is 1. The Morgan fingerprint density at radius 1 is 0.872 bits per heavy atom. The third kappa shape index (κ3) is 5.07. The fraction of sp³-hybridized carbons (Fsp3) is 0.125. The lowest BCUT2D eigenvalue weighted by molar-refractivity contribution is -0.132. The number of carbonyl (C=O) groups excluding carboxylic acids is 2. The zero-order valence-electron chi connectivity index (χ0n) is 21.5. The highest BCUT2D eigenvalue weighted by Gasteiger charge is 2.47. The van der Waals surface area contributed by atoms with Crippen molar-refractivity contribution in [2.45, 2.75) is 19.9 Å². The van der Waals surface area contributed by atoms with E-state index in [-0.39, 0.29) is 17.1 Å². The van der Waals surface area contributed by atoms with Crippen LogP contribution < -0.4 is 14.4 Å². The van der Waals surface area contributed by atoms with E-state index in [4.69, 9.17) is 9.47 Å². The maximum Gasteiger partial charge on any atom is 0.300 e. The number of aryl methyl sites for hydroxylation is 1. The Balaban J connectivity index is 1.58. The van der Waals surface area contributed by atoms with E-state index in [1.54, 1.807) is 54.6 Å². The molecule has 1 atom stereocenters. The number of aromatic hydroxyl groups is 1. The molecule has 0 bridgehead atoms. The van der Waals surface area contributed by atoms with Crippen LogP contribution >= 0.6 is 0 Å². The first kappa shape index (κ1) is 25.6. The number of rotatable bonds is 7. The third-order valence-electron chi connectivity index (χ3n) is 6.50. The topological polar surface area (TPSA) is 96.3 Å². The van der Waals surface area contributed by atoms with Crippen LogP contribution in [0.5, 0.6) is 23.0 Å². The number of nitrogens with zero attached hydrogens (tertiary/aromatic N) is 1. The summed E-state index contributed by atoms with van der Waals surface area (Å²) in [5, 5.41) is 21.2. The first-order valence-corrected chi connectivity index (χ1v) is 12.5. The van der Waals surface area contributed by atoms with Gasteiger partial charge in [0.1, 0.15) is 28.8 Å². The quantitative estimate of drug-likeness (QED) is 0.163. The molecule has 7 heteroatoms. The van der Waals surface area contributed by atoms with Crippen molar-refractivity contribution in [2.75, 3.05) is 11.5 Å². The number of phenolic OH excluding ortho intramolecular Hbond substituents is 1. The van der Waals surface area contributed by atoms with Crippen molar-refractivity contribution in [3.8, 4) is 23.0 Å². The van der Waals surface area contributed by atoms with Gasteiger partial charge in [-0.2, -0.15) is 0 Å². The van der Waals surface area contributed by atoms with E-state index in [0.29, 0.717) is 40.7 Å². The van der Waals surface area contributed by atoms with Gasteiger partial charge in [-0.25, -0.2) is 0 Å². The van der Waals surface area contributed by atoms with Gasteiger partial charge in [-0.05, 0) is 91.7 Å². The van der Waals surface area contributed by atoms with E-state index in [2.05, 4.69) is 0 Å². The van der Waals surface area contributed by atoms with Crippen LogP contribution in [0.4, 0.5) is 5.69 Å². The summed E-state index contributed by atoms with van der Waals surface area (Å²) in [5.74, 6) is 0.0792. The lowest BCUT2D eigenvalue weighted by Crippen LogP contribution is -2.29. The minimum atomic E-state index is -0.918. The number of carbonyl (C=O) groups is 2. The molecule has 5 rings (SSSR count). The van der Waals surface area contributed by atoms with Crippen LogP contribution in [-0.4, -0.2) is 28.5 Å². The van der Waals surface area contributed by atoms with Gasteiger partial charge in [0.25, 0.3) is 11.7 Å². The average molecular weight is 522 g/mol. The Morgan fingerprint density at radius 2 is 1.54 bits per heavy atom. The zero-order chi connectivity index (χ0) is 27.5. The molecule has 1 unspecified atom stereocenters. The summed E-state index contributed by atoms with van der Waals surface area (Å²) in [5.41, 5.74) is 2.15. The number of ketones is 1. The van der Waals surface area contributed by atoms with Gasteiger partial charge < -0.3 is 19.7 Å². The summed E-state index contributed by atoms with van der Waals surface area (Å²) < 4.78 is 11.5. The zero-order valence-corrected chi connectivity index (χ0v) is 21.5. The molecule has 0 aliphatic carbocycles. The summed E-state index contributed by atoms with van der Waals surface area (Å²) >= 11 is 0. The van der Waals surface area contributed by atoms with Gasteiger partial charge in [0, 0.05) is 11.3 Å². The van der Waals surface area contributed by atoms with Crippen molar-refractivity contribution < 1.29 is 29.3 Å². The second-order valence-corrected chi connectivity index (χ2v) is 9.08. The summed E-state index contributed by atoms with van der Waals surface area (Å²) in [4.78, 5) is 28.2. The standard InChI is InChI=1S/C32H27NO6/c1-3-38-27-18-11-22(19-20(27)2)30(35)28-29(21-9-14-24(34)15-10-21)33(32(37)31(28)36)23-12-16-26(17-13-23)39-25-7-5-4-6-8-25/h4-19,29,34-35H,3H2,1-2H3/b30-28-. The van der Waals surface area contributed by atoms with Crippen molar-refractivity contribution >= 4 is 23.1 Å². The summed E-state index contributed by atoms with van der Waals surface area (Å²) in [7, 11) is 0. The number of aliphatic hydroxyl groups is 1. The van der Waals surface area contributed by atoms with Crippen LogP contribution in [0, 0.1) is 6.92 Å². The Hall–Kier alpha value is -5.04. The highest BCUT2D eigenvalue weighted by Crippen LogP contribution is 2.43. The molecule has 0 aromatic heterocycles. The molecule has 1 amide bonds. The van der Waals surface area contributed by atoms with Crippen LogP contribution in [0.2, 0.25) is 0 Å². The van der Waals surface area contributed by atoms with E-state index in [1.807, 2.05) is 44.2 Å². The van der Waals surface area contributed by atoms with Crippen molar-refractivity contribution in [3.63, 3.8) is 0 Å². The predicted molar refractivity (Wildman–Crippen MR) is 148 cm³/mol.